The second-order valence-corrected chi connectivity index (χ2v) is 2.50. The molecular formula is C7H5BrO2. The molecule has 1 aromatic rings. The molecule has 1 N–H and O–H groups in total. The van der Waals surface area contributed by atoms with Crippen molar-refractivity contribution in [3.05, 3.63) is 34.3 Å². The van der Waals surface area contributed by atoms with E-state index in [-0.39, 0.29) is 17.6 Å². The molecule has 10 heavy (non-hydrogen) atoms. The third kappa shape index (κ3) is 1.57. The molecule has 0 saturated carbocycles. The first-order chi connectivity index (χ1) is 5.54. The van der Waals surface area contributed by atoms with Gasteiger partial charge >= 0.3 is 5.97 Å². The Hall–Kier alpha value is -0.830. The van der Waals surface area contributed by atoms with Crippen molar-refractivity contribution in [2.75, 3.05) is 0 Å². The van der Waals surface area contributed by atoms with Gasteiger partial charge in [0.1, 0.15) is 0 Å². The van der Waals surface area contributed by atoms with E-state index in [0.717, 1.165) is 0 Å². The Morgan fingerprint density at radius 1 is 1.60 bits per heavy atom. The van der Waals surface area contributed by atoms with Crippen LogP contribution in [0.25, 0.3) is 0 Å². The summed E-state index contributed by atoms with van der Waals surface area (Å²) >= 11 is 3.03. The maximum absolute atomic E-state index is 10.5. The molecule has 0 aliphatic heterocycles. The van der Waals surface area contributed by atoms with Gasteiger partial charge in [0.2, 0.25) is 0 Å². The summed E-state index contributed by atoms with van der Waals surface area (Å²) in [6.07, 6.45) is 0. The summed E-state index contributed by atoms with van der Waals surface area (Å²) < 4.78 is 15.0. The van der Waals surface area contributed by atoms with E-state index in [9.17, 15) is 4.79 Å². The minimum Gasteiger partial charge on any atom is -0.478 e. The van der Waals surface area contributed by atoms with Gasteiger partial charge in [-0.25, -0.2) is 4.79 Å². The standard InChI is InChI=1S/C7H5BrO2/c8-6-3-1-5(2-4-6)7(9)10/h1-4H,(H,9,10)/i1D,3D. The second-order valence-electron chi connectivity index (χ2n) is 1.65. The Kier molecular flexibility index (Phi) is 1.39. The second kappa shape index (κ2) is 2.84. The zero-order chi connectivity index (χ0) is 9.30. The smallest absolute Gasteiger partial charge is 0.335 e. The molecule has 52 valence electrons. The minimum absolute atomic E-state index is 0.102. The number of benzene rings is 1. The number of halogens is 1. The van der Waals surface area contributed by atoms with Crippen LogP contribution < -0.4 is 0 Å². The van der Waals surface area contributed by atoms with Gasteiger partial charge in [-0.05, 0) is 24.2 Å². The molecule has 0 heterocycles. The fraction of sp³-hybridized carbons (Fsp3) is 0. The maximum atomic E-state index is 10.5. The van der Waals surface area contributed by atoms with Crippen molar-refractivity contribution in [2.45, 2.75) is 0 Å². The summed E-state index contributed by atoms with van der Waals surface area (Å²) in [5, 5.41) is 8.56. The van der Waals surface area contributed by atoms with Gasteiger partial charge in [-0.15, -0.1) is 0 Å². The highest BCUT2D eigenvalue weighted by atomic mass is 79.9. The van der Waals surface area contributed by atoms with Gasteiger partial charge in [0.05, 0.1) is 8.30 Å². The van der Waals surface area contributed by atoms with Crippen molar-refractivity contribution >= 4 is 21.9 Å². The lowest BCUT2D eigenvalue weighted by atomic mass is 10.2. The molecule has 0 bridgehead atoms. The Morgan fingerprint density at radius 3 is 2.90 bits per heavy atom. The number of hydrogen-bond donors (Lipinski definition) is 1. The summed E-state index contributed by atoms with van der Waals surface area (Å²) in [4.78, 5) is 10.5. The van der Waals surface area contributed by atoms with Crippen molar-refractivity contribution < 1.29 is 12.6 Å². The van der Waals surface area contributed by atoms with E-state index < -0.39 is 5.97 Å². The summed E-state index contributed by atoms with van der Waals surface area (Å²) in [5.74, 6) is -1.18. The van der Waals surface area contributed by atoms with Crippen molar-refractivity contribution in [2.24, 2.45) is 0 Å². The number of carboxylic acids is 1. The van der Waals surface area contributed by atoms with Crippen LogP contribution in [0.1, 0.15) is 13.1 Å². The van der Waals surface area contributed by atoms with Gasteiger partial charge in [0.15, 0.2) is 0 Å². The van der Waals surface area contributed by atoms with Crippen LogP contribution in [0.4, 0.5) is 0 Å². The van der Waals surface area contributed by atoms with Gasteiger partial charge < -0.3 is 5.11 Å². The lowest BCUT2D eigenvalue weighted by Crippen LogP contribution is -1.94. The first-order valence-electron chi connectivity index (χ1n) is 3.53. The molecule has 0 amide bonds. The van der Waals surface area contributed by atoms with Crippen LogP contribution in [0.3, 0.4) is 0 Å². The van der Waals surface area contributed by atoms with E-state index in [1.165, 1.54) is 12.1 Å². The predicted molar refractivity (Wildman–Crippen MR) is 41.1 cm³/mol. The van der Waals surface area contributed by atoms with Crippen LogP contribution >= 0.6 is 15.9 Å². The van der Waals surface area contributed by atoms with Gasteiger partial charge in [-0.2, -0.15) is 0 Å². The van der Waals surface area contributed by atoms with Crippen LogP contribution in [-0.2, 0) is 0 Å². The third-order valence-electron chi connectivity index (χ3n) is 0.943. The van der Waals surface area contributed by atoms with Crippen LogP contribution in [0, 0.1) is 0 Å². The topological polar surface area (TPSA) is 37.3 Å². The lowest BCUT2D eigenvalue weighted by Gasteiger charge is -1.91. The quantitative estimate of drug-likeness (QED) is 0.759. The van der Waals surface area contributed by atoms with E-state index >= 15 is 0 Å². The number of hydrogen-bond acceptors (Lipinski definition) is 1. The fourth-order valence-corrected chi connectivity index (χ4v) is 0.723. The summed E-state index contributed by atoms with van der Waals surface area (Å²) in [6, 6.07) is 2.38. The Labute approximate surface area is 69.4 Å². The molecule has 0 aliphatic rings. The summed E-state index contributed by atoms with van der Waals surface area (Å²) in [6.45, 7) is 0. The summed E-state index contributed by atoms with van der Waals surface area (Å²) in [7, 11) is 0. The molecule has 0 aromatic heterocycles. The van der Waals surface area contributed by atoms with Crippen molar-refractivity contribution in [1.82, 2.24) is 0 Å². The number of rotatable bonds is 1. The van der Waals surface area contributed by atoms with Gasteiger partial charge in [-0.3, -0.25) is 0 Å². The SMILES string of the molecule is [2H]c1c(Br)ccc(C(=O)O)c1[2H]. The largest absolute Gasteiger partial charge is 0.478 e. The molecule has 0 aliphatic carbocycles. The molecule has 0 fully saturated rings. The zero-order valence-electron chi connectivity index (χ0n) is 6.89. The molecule has 0 atom stereocenters. The molecule has 0 spiro atoms. The molecule has 2 nitrogen and oxygen atoms in total. The molecule has 0 unspecified atom stereocenters. The molecule has 0 saturated heterocycles. The van der Waals surface area contributed by atoms with Crippen molar-refractivity contribution in [3.8, 4) is 0 Å². The highest BCUT2D eigenvalue weighted by molar-refractivity contribution is 9.10. The van der Waals surface area contributed by atoms with Crippen LogP contribution in [0.5, 0.6) is 0 Å². The molecule has 0 radical (unpaired) electrons. The number of carboxylic acid groups (broad SMARTS) is 1. The number of carbonyl (C=O) groups is 1. The van der Waals surface area contributed by atoms with Gasteiger partial charge in [0, 0.05) is 4.47 Å². The maximum Gasteiger partial charge on any atom is 0.335 e. The van der Waals surface area contributed by atoms with E-state index in [1.807, 2.05) is 0 Å². The zero-order valence-corrected chi connectivity index (χ0v) is 6.47. The normalized spacial score (nSPS) is 12.1. The third-order valence-corrected chi connectivity index (χ3v) is 1.41. The first-order valence-corrected chi connectivity index (χ1v) is 3.32. The van der Waals surface area contributed by atoms with Crippen molar-refractivity contribution in [1.29, 1.82) is 0 Å². The average Bonchev–Trinajstić information content (AvgIpc) is 2.00. The van der Waals surface area contributed by atoms with E-state index in [1.54, 1.807) is 0 Å². The van der Waals surface area contributed by atoms with E-state index in [4.69, 9.17) is 7.85 Å². The fourth-order valence-electron chi connectivity index (χ4n) is 0.492. The first kappa shape index (κ1) is 4.91. The Balaban J connectivity index is 3.36. The van der Waals surface area contributed by atoms with Crippen LogP contribution in [0.2, 0.25) is 0 Å². The van der Waals surface area contributed by atoms with E-state index in [2.05, 4.69) is 15.9 Å². The van der Waals surface area contributed by atoms with Gasteiger partial charge in [-0.1, -0.05) is 15.9 Å². The highest BCUT2D eigenvalue weighted by Crippen LogP contribution is 2.09. The van der Waals surface area contributed by atoms with Crippen LogP contribution in [0.15, 0.2) is 28.7 Å². The van der Waals surface area contributed by atoms with Crippen LogP contribution in [-0.4, -0.2) is 11.1 Å². The average molecular weight is 203 g/mol. The molecule has 1 rings (SSSR count). The minimum atomic E-state index is -1.18. The number of aromatic carboxylic acids is 1. The Morgan fingerprint density at radius 2 is 2.30 bits per heavy atom. The Bertz CT molecular complexity index is 338. The van der Waals surface area contributed by atoms with E-state index in [0.29, 0.717) is 4.47 Å². The molecule has 3 heteroatoms. The van der Waals surface area contributed by atoms with Crippen molar-refractivity contribution in [3.63, 3.8) is 0 Å². The predicted octanol–water partition coefficient (Wildman–Crippen LogP) is 2.15. The molecular weight excluding hydrogens is 196 g/mol. The lowest BCUT2D eigenvalue weighted by molar-refractivity contribution is 0.0697. The highest BCUT2D eigenvalue weighted by Gasteiger charge is 1.98. The van der Waals surface area contributed by atoms with Gasteiger partial charge in [0.25, 0.3) is 0 Å². The summed E-state index contributed by atoms with van der Waals surface area (Å²) in [5.41, 5.74) is -0.150. The molecule has 1 aromatic carbocycles. The monoisotopic (exact) mass is 202 g/mol.